The number of hydrogen-bond donors (Lipinski definition) is 2. The summed E-state index contributed by atoms with van der Waals surface area (Å²) >= 11 is 0. The smallest absolute Gasteiger partial charge is 0.232 e. The van der Waals surface area contributed by atoms with Crippen LogP contribution in [-0.4, -0.2) is 39.1 Å². The van der Waals surface area contributed by atoms with Gasteiger partial charge >= 0.3 is 0 Å². The number of carbonyl (C=O) groups excluding carboxylic acids is 2. The minimum absolute atomic E-state index is 0.0174. The van der Waals surface area contributed by atoms with Gasteiger partial charge in [-0.1, -0.05) is 25.1 Å². The third-order valence-electron chi connectivity index (χ3n) is 4.94. The highest BCUT2D eigenvalue weighted by Gasteiger charge is 2.23. The van der Waals surface area contributed by atoms with E-state index in [2.05, 4.69) is 10.0 Å². The molecule has 0 unspecified atom stereocenters. The predicted molar refractivity (Wildman–Crippen MR) is 121 cm³/mol. The van der Waals surface area contributed by atoms with Gasteiger partial charge in [-0.25, -0.2) is 8.42 Å². The Balaban J connectivity index is 1.60. The fourth-order valence-corrected chi connectivity index (χ4v) is 4.56. The number of rotatable bonds is 8. The first-order chi connectivity index (χ1) is 14.8. The van der Waals surface area contributed by atoms with E-state index in [-0.39, 0.29) is 30.4 Å². The van der Waals surface area contributed by atoms with Gasteiger partial charge in [-0.15, -0.1) is 0 Å². The Morgan fingerprint density at radius 2 is 1.81 bits per heavy atom. The fraction of sp³-hybridized carbons (Fsp3) is 0.364. The van der Waals surface area contributed by atoms with Crippen LogP contribution in [0.4, 0.5) is 17.1 Å². The van der Waals surface area contributed by atoms with E-state index >= 15 is 0 Å². The van der Waals surface area contributed by atoms with Crippen LogP contribution in [0, 0.1) is 6.92 Å². The number of benzene rings is 2. The van der Waals surface area contributed by atoms with Crippen molar-refractivity contribution in [2.45, 2.75) is 33.1 Å². The standard InChI is InChI=1S/C22H27N3O5S/c1-3-15-31(28,29)24-18-8-6-7-17(16(18)2)23-21(26)11-12-22(27)25-13-14-30-20-10-5-4-9-19(20)25/h4-10,24H,3,11-15H2,1-2H3,(H,23,26). The second kappa shape index (κ2) is 9.82. The average molecular weight is 446 g/mol. The molecular weight excluding hydrogens is 418 g/mol. The average Bonchev–Trinajstić information content (AvgIpc) is 2.74. The van der Waals surface area contributed by atoms with Crippen molar-refractivity contribution < 1.29 is 22.7 Å². The monoisotopic (exact) mass is 445 g/mol. The van der Waals surface area contributed by atoms with Crippen LogP contribution in [0.3, 0.4) is 0 Å². The van der Waals surface area contributed by atoms with Crippen LogP contribution in [-0.2, 0) is 19.6 Å². The molecule has 2 aromatic rings. The molecule has 9 heteroatoms. The van der Waals surface area contributed by atoms with Crippen molar-refractivity contribution in [3.63, 3.8) is 0 Å². The number of carbonyl (C=O) groups is 2. The van der Waals surface area contributed by atoms with Crippen LogP contribution >= 0.6 is 0 Å². The summed E-state index contributed by atoms with van der Waals surface area (Å²) in [5.41, 5.74) is 2.25. The molecule has 2 aromatic carbocycles. The van der Waals surface area contributed by atoms with E-state index in [4.69, 9.17) is 4.74 Å². The lowest BCUT2D eigenvalue weighted by molar-refractivity contribution is -0.122. The molecule has 0 radical (unpaired) electrons. The minimum atomic E-state index is -3.43. The molecule has 1 heterocycles. The topological polar surface area (TPSA) is 105 Å². The second-order valence-electron chi connectivity index (χ2n) is 7.31. The number of fused-ring (bicyclic) bond motifs is 1. The third-order valence-corrected chi connectivity index (χ3v) is 6.42. The molecule has 0 fully saturated rings. The van der Waals surface area contributed by atoms with Gasteiger partial charge in [0.25, 0.3) is 0 Å². The molecule has 0 spiro atoms. The second-order valence-corrected chi connectivity index (χ2v) is 9.15. The highest BCUT2D eigenvalue weighted by atomic mass is 32.2. The van der Waals surface area contributed by atoms with E-state index in [1.54, 1.807) is 36.9 Å². The zero-order valence-electron chi connectivity index (χ0n) is 17.7. The summed E-state index contributed by atoms with van der Waals surface area (Å²) in [6.45, 7) is 4.38. The molecule has 8 nitrogen and oxygen atoms in total. The van der Waals surface area contributed by atoms with Crippen molar-refractivity contribution in [3.8, 4) is 5.75 Å². The quantitative estimate of drug-likeness (QED) is 0.649. The normalized spacial score (nSPS) is 13.2. The maximum atomic E-state index is 12.7. The van der Waals surface area contributed by atoms with Gasteiger partial charge in [0.2, 0.25) is 21.8 Å². The minimum Gasteiger partial charge on any atom is -0.490 e. The molecule has 31 heavy (non-hydrogen) atoms. The third kappa shape index (κ3) is 5.75. The predicted octanol–water partition coefficient (Wildman–Crippen LogP) is 3.29. The lowest BCUT2D eigenvalue weighted by atomic mass is 10.1. The summed E-state index contributed by atoms with van der Waals surface area (Å²) in [7, 11) is -3.43. The number of nitrogens with one attached hydrogen (secondary N) is 2. The summed E-state index contributed by atoms with van der Waals surface area (Å²) in [4.78, 5) is 26.8. The maximum Gasteiger partial charge on any atom is 0.232 e. The van der Waals surface area contributed by atoms with E-state index in [9.17, 15) is 18.0 Å². The van der Waals surface area contributed by atoms with Crippen LogP contribution in [0.25, 0.3) is 0 Å². The summed E-state index contributed by atoms with van der Waals surface area (Å²) < 4.78 is 32.2. The van der Waals surface area contributed by atoms with Gasteiger partial charge in [0, 0.05) is 18.5 Å². The molecule has 1 aliphatic heterocycles. The Labute approximate surface area is 182 Å². The zero-order valence-corrected chi connectivity index (χ0v) is 18.5. The van der Waals surface area contributed by atoms with Crippen LogP contribution < -0.4 is 19.7 Å². The molecule has 1 aliphatic rings. The molecule has 0 atom stereocenters. The fourth-order valence-electron chi connectivity index (χ4n) is 3.37. The van der Waals surface area contributed by atoms with Gasteiger partial charge in [-0.05, 0) is 43.2 Å². The summed E-state index contributed by atoms with van der Waals surface area (Å²) in [5.74, 6) is 0.218. The van der Waals surface area contributed by atoms with Crippen molar-refractivity contribution in [3.05, 3.63) is 48.0 Å². The van der Waals surface area contributed by atoms with Crippen molar-refractivity contribution in [2.24, 2.45) is 0 Å². The molecule has 0 bridgehead atoms. The molecule has 3 rings (SSSR count). The molecular formula is C22H27N3O5S. The first kappa shape index (κ1) is 22.6. The number of hydrogen-bond acceptors (Lipinski definition) is 5. The number of sulfonamides is 1. The Morgan fingerprint density at radius 3 is 2.58 bits per heavy atom. The molecule has 2 amide bonds. The van der Waals surface area contributed by atoms with Gasteiger partial charge in [-0.2, -0.15) is 0 Å². The van der Waals surface area contributed by atoms with Crippen LogP contribution in [0.1, 0.15) is 31.7 Å². The van der Waals surface area contributed by atoms with E-state index in [0.29, 0.717) is 47.9 Å². The molecule has 0 aliphatic carbocycles. The number of nitrogens with zero attached hydrogens (tertiary/aromatic N) is 1. The van der Waals surface area contributed by atoms with Crippen LogP contribution in [0.5, 0.6) is 5.75 Å². The van der Waals surface area contributed by atoms with E-state index in [1.807, 2.05) is 24.3 Å². The Hall–Kier alpha value is -3.07. The van der Waals surface area contributed by atoms with Crippen molar-refractivity contribution in [1.82, 2.24) is 0 Å². The van der Waals surface area contributed by atoms with E-state index < -0.39 is 10.0 Å². The van der Waals surface area contributed by atoms with E-state index in [1.165, 1.54) is 0 Å². The van der Waals surface area contributed by atoms with Gasteiger partial charge in [0.1, 0.15) is 12.4 Å². The van der Waals surface area contributed by atoms with Crippen LogP contribution in [0.2, 0.25) is 0 Å². The van der Waals surface area contributed by atoms with Crippen LogP contribution in [0.15, 0.2) is 42.5 Å². The van der Waals surface area contributed by atoms with Crippen molar-refractivity contribution in [2.75, 3.05) is 33.8 Å². The zero-order chi connectivity index (χ0) is 22.4. The summed E-state index contributed by atoms with van der Waals surface area (Å²) in [6, 6.07) is 12.3. The maximum absolute atomic E-state index is 12.7. The SMILES string of the molecule is CCCS(=O)(=O)Nc1cccc(NC(=O)CCC(=O)N2CCOc3ccccc32)c1C. The van der Waals surface area contributed by atoms with Crippen molar-refractivity contribution in [1.29, 1.82) is 0 Å². The summed E-state index contributed by atoms with van der Waals surface area (Å²) in [5, 5.41) is 2.78. The lowest BCUT2D eigenvalue weighted by Gasteiger charge is -2.29. The summed E-state index contributed by atoms with van der Waals surface area (Å²) in [6.07, 6.45) is 0.581. The molecule has 0 aromatic heterocycles. The van der Waals surface area contributed by atoms with Gasteiger partial charge in [-0.3, -0.25) is 14.3 Å². The van der Waals surface area contributed by atoms with Crippen molar-refractivity contribution >= 4 is 38.9 Å². The first-order valence-corrected chi connectivity index (χ1v) is 11.9. The number of para-hydroxylation sites is 2. The Bertz CT molecular complexity index is 1070. The number of amides is 2. The van der Waals surface area contributed by atoms with Gasteiger partial charge in [0.15, 0.2) is 0 Å². The number of anilines is 3. The van der Waals surface area contributed by atoms with Gasteiger partial charge in [0.05, 0.1) is 23.7 Å². The lowest BCUT2D eigenvalue weighted by Crippen LogP contribution is -2.38. The van der Waals surface area contributed by atoms with E-state index in [0.717, 1.165) is 0 Å². The molecule has 2 N–H and O–H groups in total. The molecule has 0 saturated heterocycles. The molecule has 0 saturated carbocycles. The Kier molecular flexibility index (Phi) is 7.17. The largest absolute Gasteiger partial charge is 0.490 e. The highest BCUT2D eigenvalue weighted by molar-refractivity contribution is 7.92. The first-order valence-electron chi connectivity index (χ1n) is 10.2. The molecule has 166 valence electrons. The number of ether oxygens (including phenoxy) is 1. The highest BCUT2D eigenvalue weighted by Crippen LogP contribution is 2.31. The Morgan fingerprint density at radius 1 is 1.06 bits per heavy atom. The van der Waals surface area contributed by atoms with Gasteiger partial charge < -0.3 is 15.0 Å².